The molecule has 0 bridgehead atoms. The average Bonchev–Trinajstić information content (AvgIpc) is 3.04. The van der Waals surface area contributed by atoms with Gasteiger partial charge in [0.2, 0.25) is 0 Å². The van der Waals surface area contributed by atoms with Crippen molar-refractivity contribution >= 4 is 77.5 Å². The van der Waals surface area contributed by atoms with Crippen LogP contribution in [0, 0.1) is 0 Å². The summed E-state index contributed by atoms with van der Waals surface area (Å²) in [6.07, 6.45) is 0. The number of hydrogen-bond donors (Lipinski definition) is 0. The minimum absolute atomic E-state index is 0.246. The molecule has 6 heteroatoms. The van der Waals surface area contributed by atoms with Crippen molar-refractivity contribution in [2.45, 2.75) is 39.8 Å². The summed E-state index contributed by atoms with van der Waals surface area (Å²) in [5, 5.41) is 9.41. The molecular formula is C40H28N2O4. The molecule has 7 aromatic rings. The van der Waals surface area contributed by atoms with Crippen molar-refractivity contribution in [3.8, 4) is 11.1 Å². The van der Waals surface area contributed by atoms with Crippen LogP contribution in [0.5, 0.6) is 0 Å². The van der Waals surface area contributed by atoms with Gasteiger partial charge in [-0.3, -0.25) is 29.0 Å². The number of imide groups is 2. The first-order chi connectivity index (χ1) is 22.2. The van der Waals surface area contributed by atoms with E-state index in [9.17, 15) is 19.2 Å². The Bertz CT molecular complexity index is 2490. The Labute approximate surface area is 264 Å². The van der Waals surface area contributed by atoms with Crippen LogP contribution in [0.2, 0.25) is 0 Å². The molecule has 46 heavy (non-hydrogen) atoms. The molecule has 6 nitrogen and oxygen atoms in total. The Balaban J connectivity index is 1.35. The first-order valence-corrected chi connectivity index (χ1v) is 15.7. The summed E-state index contributed by atoms with van der Waals surface area (Å²) in [5.74, 6) is -1.05. The molecule has 4 amide bonds. The number of amides is 4. The minimum Gasteiger partial charge on any atom is -0.272 e. The first kappa shape index (κ1) is 26.8. The van der Waals surface area contributed by atoms with Crippen LogP contribution in [0.15, 0.2) is 84.9 Å². The molecule has 2 aliphatic heterocycles. The Hall–Kier alpha value is -5.62. The molecule has 0 saturated carbocycles. The van der Waals surface area contributed by atoms with Gasteiger partial charge >= 0.3 is 0 Å². The van der Waals surface area contributed by atoms with Crippen LogP contribution < -0.4 is 0 Å². The van der Waals surface area contributed by atoms with Crippen LogP contribution in [0.1, 0.15) is 69.1 Å². The predicted molar refractivity (Wildman–Crippen MR) is 182 cm³/mol. The maximum absolute atomic E-state index is 13.6. The number of benzene rings is 7. The number of hydrogen-bond acceptors (Lipinski definition) is 4. The van der Waals surface area contributed by atoms with Gasteiger partial charge in [-0.2, -0.15) is 0 Å². The van der Waals surface area contributed by atoms with Gasteiger partial charge in [-0.1, -0.05) is 60.7 Å². The van der Waals surface area contributed by atoms with Crippen molar-refractivity contribution in [3.05, 3.63) is 107 Å². The fraction of sp³-hybridized carbons (Fsp3) is 0.150. The van der Waals surface area contributed by atoms with E-state index in [1.165, 1.54) is 9.80 Å². The van der Waals surface area contributed by atoms with Crippen molar-refractivity contribution in [1.29, 1.82) is 0 Å². The third-order valence-corrected chi connectivity index (χ3v) is 9.94. The summed E-state index contributed by atoms with van der Waals surface area (Å²) in [6, 6.07) is 27.3. The third-order valence-electron chi connectivity index (χ3n) is 9.94. The maximum atomic E-state index is 13.6. The second kappa shape index (κ2) is 8.98. The van der Waals surface area contributed by atoms with Gasteiger partial charge in [-0.05, 0) is 106 Å². The molecule has 0 fully saturated rings. The lowest BCUT2D eigenvalue weighted by atomic mass is 9.82. The number of carbonyl (C=O) groups excluding carboxylic acids is 4. The van der Waals surface area contributed by atoms with Gasteiger partial charge in [-0.15, -0.1) is 0 Å². The number of nitrogens with zero attached hydrogens (tertiary/aromatic N) is 2. The molecule has 2 heterocycles. The summed E-state index contributed by atoms with van der Waals surface area (Å²) in [6.45, 7) is 7.43. The van der Waals surface area contributed by atoms with E-state index in [0.717, 1.165) is 59.6 Å². The molecule has 0 unspecified atom stereocenters. The van der Waals surface area contributed by atoms with Crippen molar-refractivity contribution in [3.63, 3.8) is 0 Å². The second-order valence-electron chi connectivity index (χ2n) is 13.0. The second-order valence-corrected chi connectivity index (χ2v) is 13.0. The van der Waals surface area contributed by atoms with E-state index in [4.69, 9.17) is 0 Å². The van der Waals surface area contributed by atoms with Gasteiger partial charge in [0.05, 0.1) is 0 Å². The van der Waals surface area contributed by atoms with Crippen molar-refractivity contribution in [2.75, 3.05) is 0 Å². The van der Waals surface area contributed by atoms with Crippen LogP contribution in [0.3, 0.4) is 0 Å². The highest BCUT2D eigenvalue weighted by Gasteiger charge is 2.37. The van der Waals surface area contributed by atoms with E-state index < -0.39 is 0 Å². The van der Waals surface area contributed by atoms with Crippen LogP contribution in [-0.4, -0.2) is 45.5 Å². The molecule has 2 aliphatic rings. The zero-order valence-electron chi connectivity index (χ0n) is 25.8. The topological polar surface area (TPSA) is 74.8 Å². The highest BCUT2D eigenvalue weighted by Crippen LogP contribution is 2.47. The highest BCUT2D eigenvalue weighted by molar-refractivity contribution is 6.39. The molecule has 222 valence electrons. The fourth-order valence-electron chi connectivity index (χ4n) is 8.03. The maximum Gasteiger partial charge on any atom is 0.261 e. The Kier molecular flexibility index (Phi) is 5.22. The Morgan fingerprint density at radius 2 is 0.696 bits per heavy atom. The first-order valence-electron chi connectivity index (χ1n) is 15.7. The normalized spacial score (nSPS) is 15.0. The number of carbonyl (C=O) groups is 4. The standard InChI is InChI=1S/C40H28N2O4/c1-19(2)41-37(43)29-10-6-8-24-22(12-16-30(34(24)29)38(41)44)21-11-13-26-28-15-18-32-36-31(39(45)42(20(3)4)40(32)46)17-14-27(35(28)36)25-9-5-7-23(21)33(25)26/h5-20H,1-4H3. The monoisotopic (exact) mass is 600 g/mol. The van der Waals surface area contributed by atoms with E-state index in [2.05, 4.69) is 24.3 Å². The largest absolute Gasteiger partial charge is 0.272 e. The Morgan fingerprint density at radius 3 is 1.24 bits per heavy atom. The summed E-state index contributed by atoms with van der Waals surface area (Å²) < 4.78 is 0. The lowest BCUT2D eigenvalue weighted by Crippen LogP contribution is -2.44. The van der Waals surface area contributed by atoms with Crippen LogP contribution in [0.25, 0.3) is 65.0 Å². The molecule has 0 aromatic heterocycles. The van der Waals surface area contributed by atoms with Crippen molar-refractivity contribution < 1.29 is 19.2 Å². The molecule has 0 atom stereocenters. The van der Waals surface area contributed by atoms with Crippen molar-refractivity contribution in [1.82, 2.24) is 9.80 Å². The minimum atomic E-state index is -0.266. The number of fused-ring (bicyclic) bond motifs is 2. The fourth-order valence-corrected chi connectivity index (χ4v) is 8.03. The van der Waals surface area contributed by atoms with Crippen LogP contribution in [-0.2, 0) is 0 Å². The zero-order chi connectivity index (χ0) is 31.8. The van der Waals surface area contributed by atoms with E-state index in [0.29, 0.717) is 27.6 Å². The van der Waals surface area contributed by atoms with E-state index >= 15 is 0 Å². The van der Waals surface area contributed by atoms with Crippen LogP contribution in [0.4, 0.5) is 0 Å². The summed E-state index contributed by atoms with van der Waals surface area (Å²) in [5.41, 5.74) is 4.14. The Morgan fingerprint density at radius 1 is 0.348 bits per heavy atom. The molecule has 0 saturated heterocycles. The molecule has 0 aliphatic carbocycles. The summed E-state index contributed by atoms with van der Waals surface area (Å²) >= 11 is 0. The van der Waals surface area contributed by atoms with Crippen molar-refractivity contribution in [2.24, 2.45) is 0 Å². The summed E-state index contributed by atoms with van der Waals surface area (Å²) in [7, 11) is 0. The van der Waals surface area contributed by atoms with Gasteiger partial charge in [0, 0.05) is 45.1 Å². The van der Waals surface area contributed by atoms with Gasteiger partial charge in [0.25, 0.3) is 23.6 Å². The lowest BCUT2D eigenvalue weighted by molar-refractivity contribution is 0.0547. The van der Waals surface area contributed by atoms with Gasteiger partial charge in [0.15, 0.2) is 0 Å². The molecule has 7 aromatic carbocycles. The van der Waals surface area contributed by atoms with E-state index in [1.54, 1.807) is 0 Å². The summed E-state index contributed by atoms with van der Waals surface area (Å²) in [4.78, 5) is 56.8. The molecule has 0 radical (unpaired) electrons. The van der Waals surface area contributed by atoms with E-state index in [-0.39, 0.29) is 35.7 Å². The predicted octanol–water partition coefficient (Wildman–Crippen LogP) is 8.57. The lowest BCUT2D eigenvalue weighted by Gasteiger charge is -2.31. The quantitative estimate of drug-likeness (QED) is 0.116. The van der Waals surface area contributed by atoms with Gasteiger partial charge < -0.3 is 0 Å². The van der Waals surface area contributed by atoms with E-state index in [1.807, 2.05) is 88.4 Å². The molecule has 0 spiro atoms. The molecule has 9 rings (SSSR count). The average molecular weight is 601 g/mol. The third kappa shape index (κ3) is 3.15. The number of rotatable bonds is 3. The molecular weight excluding hydrogens is 572 g/mol. The molecule has 0 N–H and O–H groups in total. The van der Waals surface area contributed by atoms with Gasteiger partial charge in [-0.25, -0.2) is 0 Å². The smallest absolute Gasteiger partial charge is 0.261 e. The highest BCUT2D eigenvalue weighted by atomic mass is 16.2. The van der Waals surface area contributed by atoms with Crippen LogP contribution >= 0.6 is 0 Å². The SMILES string of the molecule is CC(C)N1C(=O)c2cccc3c(-c4ccc5c6ccc7c8c(ccc(c9cccc4c95)c86)C(=O)N(C(C)C)C7=O)ccc(c23)C1=O. The zero-order valence-corrected chi connectivity index (χ0v) is 25.8. The van der Waals surface area contributed by atoms with Gasteiger partial charge in [0.1, 0.15) is 0 Å².